The van der Waals surface area contributed by atoms with Crippen molar-refractivity contribution in [2.45, 2.75) is 44.8 Å². The molecule has 0 saturated heterocycles. The Kier molecular flexibility index (Phi) is 6.98. The number of carbonyl (C=O) groups is 1. The van der Waals surface area contributed by atoms with Crippen LogP contribution in [0.4, 0.5) is 0 Å². The van der Waals surface area contributed by atoms with Crippen LogP contribution in [0.25, 0.3) is 16.6 Å². The van der Waals surface area contributed by atoms with Crippen molar-refractivity contribution in [3.63, 3.8) is 0 Å². The van der Waals surface area contributed by atoms with Crippen molar-refractivity contribution < 1.29 is 4.79 Å². The third-order valence-corrected chi connectivity index (χ3v) is 6.26. The highest BCUT2D eigenvalue weighted by Gasteiger charge is 2.17. The predicted molar refractivity (Wildman–Crippen MR) is 120 cm³/mol. The molecule has 1 amide bonds. The van der Waals surface area contributed by atoms with Gasteiger partial charge < -0.3 is 5.32 Å². The molecule has 0 spiro atoms. The number of rotatable bonds is 7. The van der Waals surface area contributed by atoms with Gasteiger partial charge in [-0.1, -0.05) is 55.4 Å². The highest BCUT2D eigenvalue weighted by molar-refractivity contribution is 7.99. The van der Waals surface area contributed by atoms with Crippen molar-refractivity contribution in [2.75, 3.05) is 5.75 Å². The lowest BCUT2D eigenvalue weighted by molar-refractivity contribution is -0.119. The number of benzene rings is 2. The zero-order valence-corrected chi connectivity index (χ0v) is 18.3. The molecule has 0 saturated carbocycles. The molecule has 5 nitrogen and oxygen atoms in total. The van der Waals surface area contributed by atoms with Gasteiger partial charge in [-0.25, -0.2) is 4.98 Å². The van der Waals surface area contributed by atoms with E-state index in [2.05, 4.69) is 10.3 Å². The summed E-state index contributed by atoms with van der Waals surface area (Å²) in [6.07, 6.45) is 1.76. The average Bonchev–Trinajstić information content (AvgIpc) is 2.73. The minimum absolute atomic E-state index is 0.0690. The third-order valence-electron chi connectivity index (χ3n) is 4.91. The fourth-order valence-electron chi connectivity index (χ4n) is 3.15. The van der Waals surface area contributed by atoms with E-state index in [0.717, 1.165) is 18.4 Å². The van der Waals surface area contributed by atoms with Crippen LogP contribution >= 0.6 is 23.4 Å². The second kappa shape index (κ2) is 9.46. The molecule has 1 aromatic heterocycles. The normalized spacial score (nSPS) is 11.2. The summed E-state index contributed by atoms with van der Waals surface area (Å²) in [6.45, 7) is 5.96. The summed E-state index contributed by atoms with van der Waals surface area (Å²) in [4.78, 5) is 30.4. The number of aromatic nitrogens is 2. The fourth-order valence-corrected chi connectivity index (χ4v) is 4.14. The van der Waals surface area contributed by atoms with Crippen LogP contribution in [0.2, 0.25) is 5.02 Å². The van der Waals surface area contributed by atoms with Crippen LogP contribution in [0, 0.1) is 6.92 Å². The number of amides is 1. The number of thioether (sulfide) groups is 1. The Hall–Kier alpha value is -2.31. The Balaban J connectivity index is 2.05. The van der Waals surface area contributed by atoms with Gasteiger partial charge in [-0.2, -0.15) is 0 Å². The average molecular weight is 430 g/mol. The molecule has 0 radical (unpaired) electrons. The number of halogens is 1. The second-order valence-corrected chi connectivity index (χ2v) is 8.16. The molecular weight excluding hydrogens is 406 g/mol. The lowest BCUT2D eigenvalue weighted by atomic mass is 10.2. The SMILES string of the molecule is CCC(CC)NC(=O)CSc1nc2ccccc2c(=O)n1-c1cccc(Cl)c1C. The van der Waals surface area contributed by atoms with E-state index in [9.17, 15) is 9.59 Å². The largest absolute Gasteiger partial charge is 0.353 e. The first kappa shape index (κ1) is 21.4. The monoisotopic (exact) mass is 429 g/mol. The summed E-state index contributed by atoms with van der Waals surface area (Å²) in [6, 6.07) is 12.8. The smallest absolute Gasteiger partial charge is 0.266 e. The number of hydrogen-bond donors (Lipinski definition) is 1. The van der Waals surface area contributed by atoms with Gasteiger partial charge in [0.15, 0.2) is 5.16 Å². The van der Waals surface area contributed by atoms with Crippen molar-refractivity contribution >= 4 is 40.2 Å². The van der Waals surface area contributed by atoms with Crippen molar-refractivity contribution in [3.05, 3.63) is 63.4 Å². The molecule has 0 aliphatic heterocycles. The molecule has 0 bridgehead atoms. The number of para-hydroxylation sites is 1. The molecule has 152 valence electrons. The summed E-state index contributed by atoms with van der Waals surface area (Å²) in [5, 5.41) is 4.59. The Bertz CT molecular complexity index is 1090. The molecule has 29 heavy (non-hydrogen) atoms. The van der Waals surface area contributed by atoms with Gasteiger partial charge in [-0.15, -0.1) is 0 Å². The van der Waals surface area contributed by atoms with E-state index in [1.165, 1.54) is 11.8 Å². The van der Waals surface area contributed by atoms with Gasteiger partial charge in [0.05, 0.1) is 22.3 Å². The van der Waals surface area contributed by atoms with Gasteiger partial charge in [-0.3, -0.25) is 14.2 Å². The second-order valence-electron chi connectivity index (χ2n) is 6.81. The molecular formula is C22H24ClN3O2S. The first-order chi connectivity index (χ1) is 14.0. The maximum absolute atomic E-state index is 13.3. The van der Waals surface area contributed by atoms with Gasteiger partial charge in [-0.05, 0) is 49.6 Å². The summed E-state index contributed by atoms with van der Waals surface area (Å²) in [5.74, 6) is 0.112. The van der Waals surface area contributed by atoms with E-state index < -0.39 is 0 Å². The molecule has 7 heteroatoms. The van der Waals surface area contributed by atoms with Crippen LogP contribution in [0.3, 0.4) is 0 Å². The number of carbonyl (C=O) groups excluding carboxylic acids is 1. The van der Waals surface area contributed by atoms with Crippen LogP contribution < -0.4 is 10.9 Å². The molecule has 0 atom stereocenters. The fraction of sp³-hybridized carbons (Fsp3) is 0.318. The van der Waals surface area contributed by atoms with Gasteiger partial charge in [0.2, 0.25) is 5.91 Å². The van der Waals surface area contributed by atoms with Crippen LogP contribution in [0.15, 0.2) is 52.4 Å². The summed E-state index contributed by atoms with van der Waals surface area (Å²) >= 11 is 7.55. The molecule has 0 aliphatic rings. The summed E-state index contributed by atoms with van der Waals surface area (Å²) in [5.41, 5.74) is 1.89. The van der Waals surface area contributed by atoms with Gasteiger partial charge in [0.25, 0.3) is 5.56 Å². The molecule has 3 aromatic rings. The topological polar surface area (TPSA) is 64.0 Å². The highest BCUT2D eigenvalue weighted by atomic mass is 35.5. The summed E-state index contributed by atoms with van der Waals surface area (Å²) in [7, 11) is 0. The van der Waals surface area contributed by atoms with E-state index in [0.29, 0.717) is 26.8 Å². The van der Waals surface area contributed by atoms with E-state index in [1.807, 2.05) is 39.0 Å². The molecule has 0 unspecified atom stereocenters. The van der Waals surface area contributed by atoms with Crippen molar-refractivity contribution in [3.8, 4) is 5.69 Å². The number of fused-ring (bicyclic) bond motifs is 1. The quantitative estimate of drug-likeness (QED) is 0.435. The van der Waals surface area contributed by atoms with Crippen molar-refractivity contribution in [1.29, 1.82) is 0 Å². The number of hydrogen-bond acceptors (Lipinski definition) is 4. The van der Waals surface area contributed by atoms with E-state index in [1.54, 1.807) is 28.8 Å². The minimum atomic E-state index is -0.177. The van der Waals surface area contributed by atoms with Crippen LogP contribution in [0.5, 0.6) is 0 Å². The van der Waals surface area contributed by atoms with Gasteiger partial charge in [0, 0.05) is 11.1 Å². The Morgan fingerprint density at radius 1 is 1.17 bits per heavy atom. The van der Waals surface area contributed by atoms with Gasteiger partial charge in [0.1, 0.15) is 0 Å². The van der Waals surface area contributed by atoms with Crippen molar-refractivity contribution in [1.82, 2.24) is 14.9 Å². The molecule has 1 heterocycles. The number of nitrogens with one attached hydrogen (secondary N) is 1. The minimum Gasteiger partial charge on any atom is -0.353 e. The molecule has 0 aliphatic carbocycles. The van der Waals surface area contributed by atoms with Crippen LogP contribution in [-0.4, -0.2) is 27.3 Å². The molecule has 3 rings (SSSR count). The van der Waals surface area contributed by atoms with Crippen molar-refractivity contribution in [2.24, 2.45) is 0 Å². The van der Waals surface area contributed by atoms with E-state index >= 15 is 0 Å². The van der Waals surface area contributed by atoms with E-state index in [-0.39, 0.29) is 23.3 Å². The maximum atomic E-state index is 13.3. The Labute approximate surface area is 179 Å². The lowest BCUT2D eigenvalue weighted by Gasteiger charge is -2.17. The molecule has 1 N–H and O–H groups in total. The lowest BCUT2D eigenvalue weighted by Crippen LogP contribution is -2.35. The van der Waals surface area contributed by atoms with Gasteiger partial charge >= 0.3 is 0 Å². The van der Waals surface area contributed by atoms with E-state index in [4.69, 9.17) is 11.6 Å². The van der Waals surface area contributed by atoms with Crippen LogP contribution in [-0.2, 0) is 4.79 Å². The summed E-state index contributed by atoms with van der Waals surface area (Å²) < 4.78 is 1.55. The first-order valence-electron chi connectivity index (χ1n) is 9.65. The third kappa shape index (κ3) is 4.65. The first-order valence-corrected chi connectivity index (χ1v) is 11.0. The Morgan fingerprint density at radius 3 is 2.62 bits per heavy atom. The highest BCUT2D eigenvalue weighted by Crippen LogP contribution is 2.26. The molecule has 2 aromatic carbocycles. The van der Waals surface area contributed by atoms with Crippen LogP contribution in [0.1, 0.15) is 32.3 Å². The Morgan fingerprint density at radius 2 is 1.90 bits per heavy atom. The zero-order valence-electron chi connectivity index (χ0n) is 16.7. The maximum Gasteiger partial charge on any atom is 0.266 e. The zero-order chi connectivity index (χ0) is 21.0. The predicted octanol–water partition coefficient (Wildman–Crippen LogP) is 4.74. The standard InChI is InChI=1S/C22H24ClN3O2S/c1-4-15(5-2)24-20(27)13-29-22-25-18-11-7-6-9-16(18)21(28)26(22)19-12-8-10-17(23)14(19)3/h6-12,15H,4-5,13H2,1-3H3,(H,24,27). The number of nitrogens with zero attached hydrogens (tertiary/aromatic N) is 2. The molecule has 0 fully saturated rings.